The second-order valence-electron chi connectivity index (χ2n) is 8.93. The van der Waals surface area contributed by atoms with Crippen LogP contribution in [0.5, 0.6) is 0 Å². The van der Waals surface area contributed by atoms with Crippen LogP contribution >= 0.6 is 0 Å². The Kier molecular flexibility index (Phi) is 6.77. The van der Waals surface area contributed by atoms with Gasteiger partial charge in [-0.15, -0.1) is 0 Å². The highest BCUT2D eigenvalue weighted by molar-refractivity contribution is 7.92. The minimum absolute atomic E-state index is 0.110. The minimum Gasteiger partial charge on any atom is -0.348 e. The van der Waals surface area contributed by atoms with Gasteiger partial charge in [0.2, 0.25) is 0 Å². The van der Waals surface area contributed by atoms with Crippen molar-refractivity contribution in [2.75, 3.05) is 0 Å². The molecule has 1 N–H and O–H groups in total. The van der Waals surface area contributed by atoms with E-state index in [9.17, 15) is 39.6 Å². The van der Waals surface area contributed by atoms with Crippen LogP contribution in [0.15, 0.2) is 47.5 Å². The van der Waals surface area contributed by atoms with Crippen LogP contribution < -0.4 is 5.32 Å². The molecule has 1 heterocycles. The number of amides is 1. The maximum absolute atomic E-state index is 13.0. The van der Waals surface area contributed by atoms with Gasteiger partial charge in [0, 0.05) is 12.2 Å². The zero-order chi connectivity index (χ0) is 25.5. The normalized spacial score (nSPS) is 19.4. The molecule has 1 fully saturated rings. The Morgan fingerprint density at radius 3 is 2.15 bits per heavy atom. The average Bonchev–Trinajstić information content (AvgIpc) is 2.70. The van der Waals surface area contributed by atoms with Crippen molar-refractivity contribution < 1.29 is 39.6 Å². The summed E-state index contributed by atoms with van der Waals surface area (Å²) in [4.78, 5) is 15.3. The number of nitrogens with zero attached hydrogens (tertiary/aromatic N) is 1. The van der Waals surface area contributed by atoms with Crippen LogP contribution in [0.1, 0.15) is 54.7 Å². The van der Waals surface area contributed by atoms with Gasteiger partial charge >= 0.3 is 12.4 Å². The molecule has 186 valence electrons. The number of pyridine rings is 1. The van der Waals surface area contributed by atoms with Crippen LogP contribution in [0.2, 0.25) is 0 Å². The number of sulfone groups is 1. The summed E-state index contributed by atoms with van der Waals surface area (Å²) in [6, 6.07) is 5.03. The lowest BCUT2D eigenvalue weighted by Crippen LogP contribution is -2.47. The van der Waals surface area contributed by atoms with E-state index in [1.54, 1.807) is 0 Å². The molecule has 0 bridgehead atoms. The number of benzene rings is 1. The number of halogens is 6. The highest BCUT2D eigenvalue weighted by atomic mass is 32.2. The van der Waals surface area contributed by atoms with E-state index in [1.165, 1.54) is 13.8 Å². The Hall–Kier alpha value is -2.63. The van der Waals surface area contributed by atoms with Gasteiger partial charge in [-0.3, -0.25) is 9.78 Å². The highest BCUT2D eigenvalue weighted by Gasteiger charge is 2.43. The van der Waals surface area contributed by atoms with E-state index < -0.39 is 48.9 Å². The van der Waals surface area contributed by atoms with Crippen LogP contribution in [0.4, 0.5) is 26.3 Å². The summed E-state index contributed by atoms with van der Waals surface area (Å²) < 4.78 is 101. The van der Waals surface area contributed by atoms with E-state index in [-0.39, 0.29) is 24.1 Å². The topological polar surface area (TPSA) is 76.1 Å². The van der Waals surface area contributed by atoms with Crippen molar-refractivity contribution in [3.63, 3.8) is 0 Å². The summed E-state index contributed by atoms with van der Waals surface area (Å²) in [7, 11) is -4.08. The van der Waals surface area contributed by atoms with Crippen molar-refractivity contribution >= 4 is 15.7 Å². The van der Waals surface area contributed by atoms with Gasteiger partial charge in [-0.1, -0.05) is 6.07 Å². The van der Waals surface area contributed by atoms with E-state index >= 15 is 0 Å². The van der Waals surface area contributed by atoms with Gasteiger partial charge in [0.05, 0.1) is 20.8 Å². The smallest absolute Gasteiger partial charge is 0.348 e. The zero-order valence-corrected chi connectivity index (χ0v) is 19.0. The van der Waals surface area contributed by atoms with E-state index in [0.717, 1.165) is 30.3 Å². The number of hydrogen-bond acceptors (Lipinski definition) is 4. The van der Waals surface area contributed by atoms with Crippen LogP contribution in [0, 0.1) is 5.92 Å². The van der Waals surface area contributed by atoms with E-state index in [1.807, 2.05) is 0 Å². The molecule has 1 aromatic heterocycles. The molecule has 1 aliphatic carbocycles. The standard InChI is InChI=1S/C22H22F6N2O3S/c1-20(2,34(32,33)17-5-3-4-14(10-17)21(23,24)25)11-13-8-16(9-13)30-19(31)18-7-6-15(12-29-18)22(26,27)28/h3-7,10,12-13,16H,8-9,11H2,1-2H3,(H,30,31). The first-order valence-electron chi connectivity index (χ1n) is 10.3. The first kappa shape index (κ1) is 26.0. The lowest BCUT2D eigenvalue weighted by Gasteiger charge is -2.40. The summed E-state index contributed by atoms with van der Waals surface area (Å²) in [6.07, 6.45) is -7.65. The molecule has 0 unspecified atom stereocenters. The minimum atomic E-state index is -4.67. The van der Waals surface area contributed by atoms with Crippen molar-refractivity contribution in [1.82, 2.24) is 10.3 Å². The molecule has 0 atom stereocenters. The third-order valence-electron chi connectivity index (χ3n) is 5.87. The summed E-state index contributed by atoms with van der Waals surface area (Å²) in [5.74, 6) is -0.755. The fourth-order valence-corrected chi connectivity index (χ4v) is 5.57. The third-order valence-corrected chi connectivity index (χ3v) is 8.37. The molecule has 3 rings (SSSR count). The van der Waals surface area contributed by atoms with Crippen molar-refractivity contribution in [3.05, 3.63) is 59.4 Å². The van der Waals surface area contributed by atoms with Crippen molar-refractivity contribution in [3.8, 4) is 0 Å². The predicted molar refractivity (Wildman–Crippen MR) is 111 cm³/mol. The lowest BCUT2D eigenvalue weighted by atomic mass is 9.75. The zero-order valence-electron chi connectivity index (χ0n) is 18.2. The highest BCUT2D eigenvalue weighted by Crippen LogP contribution is 2.40. The van der Waals surface area contributed by atoms with Gasteiger partial charge < -0.3 is 5.32 Å². The van der Waals surface area contributed by atoms with E-state index in [0.29, 0.717) is 25.1 Å². The molecule has 0 aliphatic heterocycles. The average molecular weight is 508 g/mol. The number of rotatable bonds is 6. The fraction of sp³-hybridized carbons (Fsp3) is 0.455. The van der Waals surface area contributed by atoms with Crippen LogP contribution in [-0.2, 0) is 22.2 Å². The number of alkyl halides is 6. The van der Waals surface area contributed by atoms with E-state index in [2.05, 4.69) is 10.3 Å². The molecule has 12 heteroatoms. The molecular formula is C22H22F6N2O3S. The molecule has 5 nitrogen and oxygen atoms in total. The molecule has 1 saturated carbocycles. The predicted octanol–water partition coefficient (Wildman–Crippen LogP) is 5.27. The summed E-state index contributed by atoms with van der Waals surface area (Å²) >= 11 is 0. The number of carbonyl (C=O) groups is 1. The first-order chi connectivity index (χ1) is 15.5. The first-order valence-corrected chi connectivity index (χ1v) is 11.7. The van der Waals surface area contributed by atoms with Gasteiger partial charge in [0.1, 0.15) is 5.69 Å². The van der Waals surface area contributed by atoms with Gasteiger partial charge in [0.25, 0.3) is 5.91 Å². The Morgan fingerprint density at radius 1 is 1.00 bits per heavy atom. The van der Waals surface area contributed by atoms with E-state index in [4.69, 9.17) is 0 Å². The number of aromatic nitrogens is 1. The number of nitrogens with one attached hydrogen (secondary N) is 1. The maximum Gasteiger partial charge on any atom is 0.417 e. The van der Waals surface area contributed by atoms with Crippen molar-refractivity contribution in [2.24, 2.45) is 5.92 Å². The van der Waals surface area contributed by atoms with Crippen molar-refractivity contribution in [2.45, 2.75) is 61.1 Å². The number of hydrogen-bond donors (Lipinski definition) is 1. The number of carbonyl (C=O) groups excluding carboxylic acids is 1. The summed E-state index contributed by atoms with van der Waals surface area (Å²) in [6.45, 7) is 2.89. The van der Waals surface area contributed by atoms with Crippen LogP contribution in [0.25, 0.3) is 0 Å². The van der Waals surface area contributed by atoms with Crippen LogP contribution in [0.3, 0.4) is 0 Å². The lowest BCUT2D eigenvalue weighted by molar-refractivity contribution is -0.138. The molecular weight excluding hydrogens is 486 g/mol. The summed E-state index contributed by atoms with van der Waals surface area (Å²) in [5, 5.41) is 2.64. The molecule has 1 aliphatic rings. The largest absolute Gasteiger partial charge is 0.417 e. The second kappa shape index (κ2) is 8.86. The fourth-order valence-electron chi connectivity index (χ4n) is 3.94. The maximum atomic E-state index is 13.0. The molecule has 1 aromatic carbocycles. The quantitative estimate of drug-likeness (QED) is 0.540. The molecule has 1 amide bonds. The SMILES string of the molecule is CC(C)(CC1CC(NC(=O)c2ccc(C(F)(F)F)cn2)C1)S(=O)(=O)c1cccc(C(F)(F)F)c1. The molecule has 34 heavy (non-hydrogen) atoms. The second-order valence-corrected chi connectivity index (χ2v) is 11.5. The Balaban J connectivity index is 1.59. The van der Waals surface area contributed by atoms with Gasteiger partial charge in [-0.05, 0) is 69.4 Å². The Labute approximate surface area is 192 Å². The van der Waals surface area contributed by atoms with Gasteiger partial charge in [-0.25, -0.2) is 8.42 Å². The molecule has 2 aromatic rings. The third kappa shape index (κ3) is 5.53. The van der Waals surface area contributed by atoms with Crippen LogP contribution in [-0.4, -0.2) is 30.1 Å². The molecule has 0 saturated heterocycles. The van der Waals surface area contributed by atoms with Gasteiger partial charge in [-0.2, -0.15) is 26.3 Å². The Morgan fingerprint density at radius 2 is 1.62 bits per heavy atom. The molecule has 0 radical (unpaired) electrons. The van der Waals surface area contributed by atoms with Gasteiger partial charge in [0.15, 0.2) is 9.84 Å². The van der Waals surface area contributed by atoms with Crippen molar-refractivity contribution in [1.29, 1.82) is 0 Å². The molecule has 0 spiro atoms. The monoisotopic (exact) mass is 508 g/mol. The Bertz CT molecular complexity index is 1150. The summed E-state index contributed by atoms with van der Waals surface area (Å²) in [5.41, 5.74) is -2.20.